The molecule has 0 saturated heterocycles. The number of H-pyrrole nitrogens is 1. The summed E-state index contributed by atoms with van der Waals surface area (Å²) in [6, 6.07) is 16.3. The van der Waals surface area contributed by atoms with E-state index in [9.17, 15) is 9.90 Å². The van der Waals surface area contributed by atoms with Gasteiger partial charge in [-0.25, -0.2) is 0 Å². The summed E-state index contributed by atoms with van der Waals surface area (Å²) in [4.78, 5) is 11.9. The molecule has 1 aromatic heterocycles. The Morgan fingerprint density at radius 1 is 1.04 bits per heavy atom. The minimum absolute atomic E-state index is 0.0543. The first kappa shape index (κ1) is 19.7. The number of carboxylic acids is 1. The standard InChI is InChI=1S/C21H25N5O2/c1-13(2)19(21(27)28)18(20-23-25-26-24-20)11-14-3-7-16(8-4-14)17-9-5-15(12-22)6-10-17/h3-10,13,18-19H,11-12,22H2,1-2H3,(H,27,28)(H,23,24,25,26)/t18-,19?/m0/s1. The van der Waals surface area contributed by atoms with Crippen LogP contribution in [0.15, 0.2) is 48.5 Å². The zero-order chi connectivity index (χ0) is 20.1. The van der Waals surface area contributed by atoms with Crippen molar-refractivity contribution in [1.29, 1.82) is 0 Å². The van der Waals surface area contributed by atoms with E-state index in [0.29, 0.717) is 18.8 Å². The summed E-state index contributed by atoms with van der Waals surface area (Å²) >= 11 is 0. The number of tetrazole rings is 1. The first-order valence-corrected chi connectivity index (χ1v) is 9.34. The number of nitrogens with two attached hydrogens (primary N) is 1. The minimum Gasteiger partial charge on any atom is -0.481 e. The van der Waals surface area contributed by atoms with Gasteiger partial charge in [-0.2, -0.15) is 5.21 Å². The van der Waals surface area contributed by atoms with E-state index in [1.807, 2.05) is 50.2 Å². The quantitative estimate of drug-likeness (QED) is 0.554. The molecule has 146 valence electrons. The van der Waals surface area contributed by atoms with Crippen molar-refractivity contribution in [1.82, 2.24) is 20.6 Å². The van der Waals surface area contributed by atoms with Gasteiger partial charge < -0.3 is 10.8 Å². The second kappa shape index (κ2) is 8.75. The third-order valence-electron chi connectivity index (χ3n) is 5.06. The van der Waals surface area contributed by atoms with Crippen LogP contribution in [-0.4, -0.2) is 31.7 Å². The maximum atomic E-state index is 11.9. The summed E-state index contributed by atoms with van der Waals surface area (Å²) in [7, 11) is 0. The molecule has 0 aliphatic rings. The maximum Gasteiger partial charge on any atom is 0.307 e. The highest BCUT2D eigenvalue weighted by atomic mass is 16.4. The molecule has 0 aliphatic carbocycles. The zero-order valence-corrected chi connectivity index (χ0v) is 16.0. The Balaban J connectivity index is 1.83. The monoisotopic (exact) mass is 379 g/mol. The fourth-order valence-corrected chi connectivity index (χ4v) is 3.55. The predicted molar refractivity (Wildman–Crippen MR) is 106 cm³/mol. The molecule has 0 fully saturated rings. The van der Waals surface area contributed by atoms with E-state index in [1.54, 1.807) is 0 Å². The smallest absolute Gasteiger partial charge is 0.307 e. The Bertz CT molecular complexity index is 890. The lowest BCUT2D eigenvalue weighted by molar-refractivity contribution is -0.144. The van der Waals surface area contributed by atoms with E-state index in [4.69, 9.17) is 5.73 Å². The molecule has 0 radical (unpaired) electrons. The van der Waals surface area contributed by atoms with Crippen molar-refractivity contribution in [2.75, 3.05) is 0 Å². The van der Waals surface area contributed by atoms with Gasteiger partial charge in [0.1, 0.15) is 0 Å². The summed E-state index contributed by atoms with van der Waals surface area (Å²) in [6.45, 7) is 4.33. The van der Waals surface area contributed by atoms with Crippen molar-refractivity contribution < 1.29 is 9.90 Å². The van der Waals surface area contributed by atoms with E-state index in [1.165, 1.54) is 0 Å². The summed E-state index contributed by atoms with van der Waals surface area (Å²) in [6.07, 6.45) is 0.529. The number of rotatable bonds is 8. The van der Waals surface area contributed by atoms with Gasteiger partial charge in [0.25, 0.3) is 0 Å². The highest BCUT2D eigenvalue weighted by Crippen LogP contribution is 2.32. The van der Waals surface area contributed by atoms with E-state index in [2.05, 4.69) is 32.8 Å². The lowest BCUT2D eigenvalue weighted by atomic mass is 9.79. The fourth-order valence-electron chi connectivity index (χ4n) is 3.55. The van der Waals surface area contributed by atoms with Crippen LogP contribution in [0.2, 0.25) is 0 Å². The number of aromatic nitrogens is 4. The number of carbonyl (C=O) groups is 1. The molecule has 28 heavy (non-hydrogen) atoms. The van der Waals surface area contributed by atoms with Crippen LogP contribution in [-0.2, 0) is 17.8 Å². The van der Waals surface area contributed by atoms with Gasteiger partial charge in [0.05, 0.1) is 5.92 Å². The van der Waals surface area contributed by atoms with Crippen molar-refractivity contribution in [3.05, 3.63) is 65.5 Å². The molecule has 3 rings (SSSR count). The van der Waals surface area contributed by atoms with E-state index in [0.717, 1.165) is 22.3 Å². The van der Waals surface area contributed by atoms with Gasteiger partial charge in [-0.3, -0.25) is 4.79 Å². The average Bonchev–Trinajstić information content (AvgIpc) is 3.22. The van der Waals surface area contributed by atoms with Crippen molar-refractivity contribution in [2.45, 2.75) is 32.7 Å². The first-order valence-electron chi connectivity index (χ1n) is 9.34. The second-order valence-corrected chi connectivity index (χ2v) is 7.29. The lowest BCUT2D eigenvalue weighted by Crippen LogP contribution is -2.29. The van der Waals surface area contributed by atoms with Gasteiger partial charge in [-0.05, 0) is 34.6 Å². The Kier molecular flexibility index (Phi) is 6.16. The van der Waals surface area contributed by atoms with Crippen LogP contribution in [0.25, 0.3) is 11.1 Å². The minimum atomic E-state index is -0.846. The Hall–Kier alpha value is -3.06. The lowest BCUT2D eigenvalue weighted by Gasteiger charge is -2.24. The summed E-state index contributed by atoms with van der Waals surface area (Å²) in [5.41, 5.74) is 9.99. The molecular weight excluding hydrogens is 354 g/mol. The molecule has 4 N–H and O–H groups in total. The third-order valence-corrected chi connectivity index (χ3v) is 5.06. The molecule has 3 aromatic rings. The first-order chi connectivity index (χ1) is 13.5. The van der Waals surface area contributed by atoms with Crippen molar-refractivity contribution in [2.24, 2.45) is 17.6 Å². The maximum absolute atomic E-state index is 11.9. The second-order valence-electron chi connectivity index (χ2n) is 7.29. The van der Waals surface area contributed by atoms with Crippen LogP contribution in [0, 0.1) is 11.8 Å². The van der Waals surface area contributed by atoms with E-state index >= 15 is 0 Å². The Labute approximate surface area is 164 Å². The van der Waals surface area contributed by atoms with Gasteiger partial charge in [0.15, 0.2) is 5.82 Å². The average molecular weight is 379 g/mol. The van der Waals surface area contributed by atoms with Crippen LogP contribution >= 0.6 is 0 Å². The van der Waals surface area contributed by atoms with E-state index in [-0.39, 0.29) is 11.8 Å². The molecule has 1 heterocycles. The van der Waals surface area contributed by atoms with Crippen LogP contribution < -0.4 is 5.73 Å². The molecular formula is C21H25N5O2. The summed E-state index contributed by atoms with van der Waals surface area (Å²) < 4.78 is 0. The molecule has 1 unspecified atom stereocenters. The SMILES string of the molecule is CC(C)C(C(=O)O)[C@H](Cc1ccc(-c2ccc(CN)cc2)cc1)c1nn[nH]n1. The molecule has 0 amide bonds. The number of nitrogens with zero attached hydrogens (tertiary/aromatic N) is 3. The molecule has 0 aliphatic heterocycles. The topological polar surface area (TPSA) is 118 Å². The number of nitrogens with one attached hydrogen (secondary N) is 1. The summed E-state index contributed by atoms with van der Waals surface area (Å²) in [5, 5.41) is 23.9. The molecule has 7 nitrogen and oxygen atoms in total. The third kappa shape index (κ3) is 4.43. The number of benzene rings is 2. The Morgan fingerprint density at radius 3 is 2.04 bits per heavy atom. The number of hydrogen-bond donors (Lipinski definition) is 3. The van der Waals surface area contributed by atoms with Crippen LogP contribution in [0.1, 0.15) is 36.7 Å². The normalized spacial score (nSPS) is 13.4. The molecule has 0 saturated carbocycles. The molecule has 7 heteroatoms. The van der Waals surface area contributed by atoms with Crippen molar-refractivity contribution in [3.8, 4) is 11.1 Å². The molecule has 2 aromatic carbocycles. The zero-order valence-electron chi connectivity index (χ0n) is 16.0. The molecule has 0 spiro atoms. The highest BCUT2D eigenvalue weighted by Gasteiger charge is 2.34. The van der Waals surface area contributed by atoms with Crippen LogP contribution in [0.5, 0.6) is 0 Å². The number of aromatic amines is 1. The largest absolute Gasteiger partial charge is 0.481 e. The highest BCUT2D eigenvalue weighted by molar-refractivity contribution is 5.71. The number of aliphatic carboxylic acids is 1. The van der Waals surface area contributed by atoms with Gasteiger partial charge in [-0.1, -0.05) is 67.6 Å². The predicted octanol–water partition coefficient (Wildman–Crippen LogP) is 3.01. The van der Waals surface area contributed by atoms with Crippen LogP contribution in [0.4, 0.5) is 0 Å². The number of hydrogen-bond acceptors (Lipinski definition) is 5. The molecule has 0 bridgehead atoms. The van der Waals surface area contributed by atoms with Gasteiger partial charge in [0.2, 0.25) is 0 Å². The van der Waals surface area contributed by atoms with Crippen molar-refractivity contribution >= 4 is 5.97 Å². The molecule has 2 atom stereocenters. The van der Waals surface area contributed by atoms with Gasteiger partial charge in [0, 0.05) is 12.5 Å². The van der Waals surface area contributed by atoms with Gasteiger partial charge >= 0.3 is 5.97 Å². The summed E-state index contributed by atoms with van der Waals surface area (Å²) in [5.74, 6) is -1.42. The fraction of sp³-hybridized carbons (Fsp3) is 0.333. The Morgan fingerprint density at radius 2 is 1.61 bits per heavy atom. The van der Waals surface area contributed by atoms with Gasteiger partial charge in [-0.15, -0.1) is 10.2 Å². The van der Waals surface area contributed by atoms with Crippen molar-refractivity contribution in [3.63, 3.8) is 0 Å². The van der Waals surface area contributed by atoms with E-state index < -0.39 is 11.9 Å². The number of carboxylic acid groups (broad SMARTS) is 1. The van der Waals surface area contributed by atoms with Crippen LogP contribution in [0.3, 0.4) is 0 Å².